The van der Waals surface area contributed by atoms with E-state index < -0.39 is 5.54 Å². The molecule has 0 aliphatic rings. The van der Waals surface area contributed by atoms with E-state index in [1.54, 1.807) is 0 Å². The monoisotopic (exact) mass is 389 g/mol. The lowest BCUT2D eigenvalue weighted by molar-refractivity contribution is 0.317. The van der Waals surface area contributed by atoms with E-state index in [1.807, 2.05) is 12.1 Å². The average Bonchev–Trinajstić information content (AvgIpc) is 3.25. The predicted molar refractivity (Wildman–Crippen MR) is 121 cm³/mol. The highest BCUT2D eigenvalue weighted by Gasteiger charge is 2.37. The molecule has 0 atom stereocenters. The minimum Gasteiger partial charge on any atom is -0.233 e. The normalized spacial score (nSPS) is 11.6. The zero-order valence-electron chi connectivity index (χ0n) is 16.7. The van der Waals surface area contributed by atoms with Crippen molar-refractivity contribution in [1.82, 2.24) is 15.0 Å². The lowest BCUT2D eigenvalue weighted by atomic mass is 9.78. The third kappa shape index (κ3) is 3.39. The number of rotatable bonds is 6. The van der Waals surface area contributed by atoms with Gasteiger partial charge in [-0.05, 0) is 28.8 Å². The fourth-order valence-corrected chi connectivity index (χ4v) is 4.34. The van der Waals surface area contributed by atoms with Crippen LogP contribution < -0.4 is 0 Å². The van der Waals surface area contributed by atoms with Crippen LogP contribution in [0.2, 0.25) is 0 Å². The van der Waals surface area contributed by atoms with Crippen LogP contribution in [0.3, 0.4) is 0 Å². The van der Waals surface area contributed by atoms with Crippen molar-refractivity contribution >= 4 is 11.0 Å². The van der Waals surface area contributed by atoms with Crippen LogP contribution >= 0.6 is 0 Å². The molecule has 3 nitrogen and oxygen atoms in total. The van der Waals surface area contributed by atoms with Gasteiger partial charge in [0.15, 0.2) is 0 Å². The van der Waals surface area contributed by atoms with Crippen LogP contribution in [-0.4, -0.2) is 15.0 Å². The molecule has 1 heterocycles. The molecule has 0 N–H and O–H groups in total. The highest BCUT2D eigenvalue weighted by molar-refractivity contribution is 5.74. The maximum absolute atomic E-state index is 4.70. The largest absolute Gasteiger partial charge is 0.233 e. The summed E-state index contributed by atoms with van der Waals surface area (Å²) >= 11 is 0. The summed E-state index contributed by atoms with van der Waals surface area (Å²) in [6, 6.07) is 40.3. The number of aromatic nitrogens is 3. The molecule has 1 aromatic heterocycles. The van der Waals surface area contributed by atoms with E-state index in [0.29, 0.717) is 0 Å². The molecule has 0 aliphatic heterocycles. The Labute approximate surface area is 176 Å². The zero-order chi connectivity index (χ0) is 20.2. The number of hydrogen-bond acceptors (Lipinski definition) is 2. The van der Waals surface area contributed by atoms with Gasteiger partial charge in [0.1, 0.15) is 5.52 Å². The van der Waals surface area contributed by atoms with E-state index >= 15 is 0 Å². The fourth-order valence-electron chi connectivity index (χ4n) is 4.34. The van der Waals surface area contributed by atoms with Gasteiger partial charge in [-0.25, -0.2) is 4.68 Å². The van der Waals surface area contributed by atoms with Crippen LogP contribution in [0.25, 0.3) is 11.0 Å². The molecular weight excluding hydrogens is 366 g/mol. The SMILES string of the molecule is c1ccc(CC(Cc2ccccc2)(c2ccccc2)n2nnc3ccccc32)cc1. The maximum Gasteiger partial charge on any atom is 0.113 e. The molecule has 0 saturated heterocycles. The Balaban J connectivity index is 1.77. The number of nitrogens with zero attached hydrogens (tertiary/aromatic N) is 3. The van der Waals surface area contributed by atoms with E-state index in [4.69, 9.17) is 5.21 Å². The van der Waals surface area contributed by atoms with Crippen molar-refractivity contribution in [1.29, 1.82) is 0 Å². The molecule has 5 rings (SSSR count). The van der Waals surface area contributed by atoms with Gasteiger partial charge in [-0.3, -0.25) is 0 Å². The van der Waals surface area contributed by atoms with E-state index in [2.05, 4.69) is 113 Å². The van der Waals surface area contributed by atoms with E-state index in [9.17, 15) is 0 Å². The second-order valence-electron chi connectivity index (χ2n) is 7.71. The second kappa shape index (κ2) is 7.96. The molecular formula is C27H23N3. The summed E-state index contributed by atoms with van der Waals surface area (Å²) in [6.45, 7) is 0. The summed E-state index contributed by atoms with van der Waals surface area (Å²) in [6.07, 6.45) is 1.64. The molecule has 0 fully saturated rings. The van der Waals surface area contributed by atoms with Gasteiger partial charge in [-0.2, -0.15) is 0 Å². The molecule has 146 valence electrons. The molecule has 4 aromatic carbocycles. The minimum absolute atomic E-state index is 0.403. The van der Waals surface area contributed by atoms with E-state index in [-0.39, 0.29) is 0 Å². The third-order valence-corrected chi connectivity index (χ3v) is 5.75. The van der Waals surface area contributed by atoms with E-state index in [1.165, 1.54) is 16.7 Å². The fraction of sp³-hybridized carbons (Fsp3) is 0.111. The zero-order valence-corrected chi connectivity index (χ0v) is 16.7. The van der Waals surface area contributed by atoms with Crippen molar-refractivity contribution in [2.24, 2.45) is 0 Å². The smallest absolute Gasteiger partial charge is 0.113 e. The summed E-state index contributed by atoms with van der Waals surface area (Å²) in [7, 11) is 0. The highest BCUT2D eigenvalue weighted by atomic mass is 15.5. The molecule has 5 aromatic rings. The highest BCUT2D eigenvalue weighted by Crippen LogP contribution is 2.36. The molecule has 3 heteroatoms. The van der Waals surface area contributed by atoms with Crippen molar-refractivity contribution in [3.8, 4) is 0 Å². The third-order valence-electron chi connectivity index (χ3n) is 5.75. The Morgan fingerprint density at radius 3 is 1.67 bits per heavy atom. The quantitative estimate of drug-likeness (QED) is 0.375. The Kier molecular flexibility index (Phi) is 4.86. The maximum atomic E-state index is 4.70. The van der Waals surface area contributed by atoms with Gasteiger partial charge in [0, 0.05) is 12.8 Å². The minimum atomic E-state index is -0.403. The second-order valence-corrected chi connectivity index (χ2v) is 7.71. The molecule has 0 aliphatic carbocycles. The molecule has 0 bridgehead atoms. The van der Waals surface area contributed by atoms with Crippen molar-refractivity contribution < 1.29 is 0 Å². The summed E-state index contributed by atoms with van der Waals surface area (Å²) in [4.78, 5) is 0. The summed E-state index contributed by atoms with van der Waals surface area (Å²) in [5.41, 5.74) is 5.34. The average molecular weight is 390 g/mol. The first-order valence-corrected chi connectivity index (χ1v) is 10.3. The lowest BCUT2D eigenvalue weighted by Gasteiger charge is -2.35. The first kappa shape index (κ1) is 18.3. The van der Waals surface area contributed by atoms with Gasteiger partial charge in [-0.1, -0.05) is 108 Å². The molecule has 0 amide bonds. The molecule has 0 unspecified atom stereocenters. The van der Waals surface area contributed by atoms with Crippen LogP contribution in [0.1, 0.15) is 16.7 Å². The topological polar surface area (TPSA) is 30.7 Å². The van der Waals surface area contributed by atoms with Crippen molar-refractivity contribution in [2.75, 3.05) is 0 Å². The van der Waals surface area contributed by atoms with E-state index in [0.717, 1.165) is 23.9 Å². The first-order chi connectivity index (χ1) is 14.9. The summed E-state index contributed by atoms with van der Waals surface area (Å²) in [5, 5.41) is 9.21. The Morgan fingerprint density at radius 2 is 1.07 bits per heavy atom. The van der Waals surface area contributed by atoms with Crippen molar-refractivity contribution in [2.45, 2.75) is 18.4 Å². The van der Waals surface area contributed by atoms with Crippen LogP contribution in [0.15, 0.2) is 115 Å². The van der Waals surface area contributed by atoms with Gasteiger partial charge >= 0.3 is 0 Å². The molecule has 0 radical (unpaired) electrons. The first-order valence-electron chi connectivity index (χ1n) is 10.3. The van der Waals surface area contributed by atoms with Gasteiger partial charge in [0.05, 0.1) is 11.1 Å². The van der Waals surface area contributed by atoms with Crippen molar-refractivity contribution in [3.05, 3.63) is 132 Å². The Hall–Kier alpha value is -3.72. The van der Waals surface area contributed by atoms with Crippen LogP contribution in [0.4, 0.5) is 0 Å². The Morgan fingerprint density at radius 1 is 0.567 bits per heavy atom. The van der Waals surface area contributed by atoms with Crippen LogP contribution in [0.5, 0.6) is 0 Å². The van der Waals surface area contributed by atoms with Gasteiger partial charge < -0.3 is 0 Å². The predicted octanol–water partition coefficient (Wildman–Crippen LogP) is 5.66. The molecule has 0 spiro atoms. The van der Waals surface area contributed by atoms with Crippen molar-refractivity contribution in [3.63, 3.8) is 0 Å². The summed E-state index contributed by atoms with van der Waals surface area (Å²) < 4.78 is 2.14. The number of hydrogen-bond donors (Lipinski definition) is 0. The number of fused-ring (bicyclic) bond motifs is 1. The Bertz CT molecular complexity index is 1190. The lowest BCUT2D eigenvalue weighted by Crippen LogP contribution is -2.40. The standard InChI is InChI=1S/C27H23N3/c1-4-12-22(13-5-1)20-27(24-16-8-3-9-17-24,21-23-14-6-2-7-15-23)30-26-19-11-10-18-25(26)28-29-30/h1-19H,20-21H2. The number of para-hydroxylation sites is 1. The number of benzene rings is 4. The molecule has 30 heavy (non-hydrogen) atoms. The van der Waals surface area contributed by atoms with Crippen LogP contribution in [-0.2, 0) is 18.4 Å². The van der Waals surface area contributed by atoms with Crippen LogP contribution in [0, 0.1) is 0 Å². The van der Waals surface area contributed by atoms with Gasteiger partial charge in [-0.15, -0.1) is 5.10 Å². The molecule has 0 saturated carbocycles. The van der Waals surface area contributed by atoms with Gasteiger partial charge in [0.25, 0.3) is 0 Å². The summed E-state index contributed by atoms with van der Waals surface area (Å²) in [5.74, 6) is 0. The van der Waals surface area contributed by atoms with Gasteiger partial charge in [0.2, 0.25) is 0 Å².